The van der Waals surface area contributed by atoms with Gasteiger partial charge in [-0.15, -0.1) is 5.10 Å². The highest BCUT2D eigenvalue weighted by atomic mass is 35.5. The third kappa shape index (κ3) is 7.28. The first-order valence-electron chi connectivity index (χ1n) is 11.9. The fourth-order valence-electron chi connectivity index (χ4n) is 4.30. The summed E-state index contributed by atoms with van der Waals surface area (Å²) < 4.78 is 26.3. The molecule has 3 rings (SSSR count). The van der Waals surface area contributed by atoms with Crippen molar-refractivity contribution in [3.8, 4) is 0 Å². The van der Waals surface area contributed by atoms with Crippen molar-refractivity contribution < 1.29 is 23.5 Å². The van der Waals surface area contributed by atoms with Crippen LogP contribution in [0.25, 0.3) is 0 Å². The molecule has 1 heterocycles. The molecule has 4 N–H and O–H groups in total. The van der Waals surface area contributed by atoms with Crippen LogP contribution in [0.3, 0.4) is 0 Å². The topological polar surface area (TPSA) is 142 Å². The van der Waals surface area contributed by atoms with Crippen LogP contribution in [0.5, 0.6) is 0 Å². The Kier molecular flexibility index (Phi) is 8.43. The fourth-order valence-corrected chi connectivity index (χ4v) is 4.42. The van der Waals surface area contributed by atoms with E-state index in [4.69, 9.17) is 31.9 Å². The highest BCUT2D eigenvalue weighted by molar-refractivity contribution is 6.67. The smallest absolute Gasteiger partial charge is 0.408 e. The van der Waals surface area contributed by atoms with Gasteiger partial charge in [-0.1, -0.05) is 11.6 Å². The van der Waals surface area contributed by atoms with Gasteiger partial charge in [0, 0.05) is 5.57 Å². The summed E-state index contributed by atoms with van der Waals surface area (Å²) in [5.74, 6) is -1.12. The standard InChI is InChI=1S/C24H34ClFN6O4/c1-12(15(10-17(25)27)21(28)35-5)32-11-16(20(26)31-32)29-22(33)19(30-23(34)36-24(2,3)4)18(13-6-7-13)14-8-9-14/h10-14,18-19,27-28H,6-9H2,1-5H3,(H,29,33)(H,30,34)/b15-10-,27-17?,28-21?. The Morgan fingerprint density at radius 1 is 1.25 bits per heavy atom. The van der Waals surface area contributed by atoms with E-state index in [9.17, 15) is 14.0 Å². The largest absolute Gasteiger partial charge is 0.481 e. The number of nitrogens with zero attached hydrogens (tertiary/aromatic N) is 2. The van der Waals surface area contributed by atoms with Gasteiger partial charge in [-0.05, 0) is 77.2 Å². The summed E-state index contributed by atoms with van der Waals surface area (Å²) in [4.78, 5) is 26.0. The number of nitrogens with one attached hydrogen (secondary N) is 4. The molecule has 0 aliphatic heterocycles. The van der Waals surface area contributed by atoms with Crippen LogP contribution in [0.2, 0.25) is 0 Å². The molecule has 0 bridgehead atoms. The minimum Gasteiger partial charge on any atom is -0.481 e. The minimum atomic E-state index is -0.926. The van der Waals surface area contributed by atoms with Gasteiger partial charge in [-0.3, -0.25) is 20.3 Å². The van der Waals surface area contributed by atoms with Gasteiger partial charge in [0.05, 0.1) is 19.3 Å². The normalized spacial score (nSPS) is 17.8. The van der Waals surface area contributed by atoms with Gasteiger partial charge in [0.25, 0.3) is 5.95 Å². The highest BCUT2D eigenvalue weighted by Crippen LogP contribution is 2.51. The lowest BCUT2D eigenvalue weighted by Gasteiger charge is -2.28. The number of methoxy groups -OCH3 is 1. The molecule has 1 aromatic heterocycles. The van der Waals surface area contributed by atoms with Crippen molar-refractivity contribution >= 4 is 40.4 Å². The van der Waals surface area contributed by atoms with E-state index < -0.39 is 35.6 Å². The van der Waals surface area contributed by atoms with E-state index in [1.54, 1.807) is 27.7 Å². The first-order chi connectivity index (χ1) is 16.8. The van der Waals surface area contributed by atoms with E-state index >= 15 is 0 Å². The van der Waals surface area contributed by atoms with E-state index in [1.807, 2.05) is 0 Å². The first kappa shape index (κ1) is 27.6. The molecule has 2 amide bonds. The Morgan fingerprint density at radius 3 is 2.31 bits per heavy atom. The third-order valence-corrected chi connectivity index (χ3v) is 6.32. The van der Waals surface area contributed by atoms with E-state index in [-0.39, 0.29) is 28.2 Å². The van der Waals surface area contributed by atoms with Crippen molar-refractivity contribution in [1.29, 1.82) is 10.8 Å². The molecular formula is C24H34ClFN6O4. The number of anilines is 1. The maximum Gasteiger partial charge on any atom is 0.408 e. The lowest BCUT2D eigenvalue weighted by atomic mass is 9.88. The average molecular weight is 525 g/mol. The fraction of sp³-hybridized carbons (Fsp3) is 0.625. The summed E-state index contributed by atoms with van der Waals surface area (Å²) in [7, 11) is 1.30. The highest BCUT2D eigenvalue weighted by Gasteiger charge is 2.48. The molecule has 0 aromatic carbocycles. The molecule has 0 radical (unpaired) electrons. The van der Waals surface area contributed by atoms with Gasteiger partial charge in [0.15, 0.2) is 0 Å². The summed E-state index contributed by atoms with van der Waals surface area (Å²) in [5, 5.41) is 24.3. The zero-order chi connectivity index (χ0) is 26.8. The van der Waals surface area contributed by atoms with Crippen LogP contribution in [0.1, 0.15) is 59.4 Å². The SMILES string of the molecule is COC(=N)/C(=C\C(=N)Cl)C(C)n1cc(NC(=O)C(NC(=O)OC(C)(C)C)C(C2CC2)C2CC2)c(F)n1. The molecule has 10 nitrogen and oxygen atoms in total. The van der Waals surface area contributed by atoms with Gasteiger partial charge in [-0.2, -0.15) is 4.39 Å². The van der Waals surface area contributed by atoms with Crippen LogP contribution >= 0.6 is 11.6 Å². The molecule has 12 heteroatoms. The molecule has 2 atom stereocenters. The second-order valence-electron chi connectivity index (χ2n) is 10.3. The Balaban J connectivity index is 1.82. The molecular weight excluding hydrogens is 491 g/mol. The average Bonchev–Trinajstić information content (AvgIpc) is 3.70. The molecule has 1 aromatic rings. The summed E-state index contributed by atoms with van der Waals surface area (Å²) in [6, 6.07) is -1.60. The lowest BCUT2D eigenvalue weighted by Crippen LogP contribution is -2.51. The van der Waals surface area contributed by atoms with Gasteiger partial charge < -0.3 is 20.1 Å². The Morgan fingerprint density at radius 2 is 1.83 bits per heavy atom. The van der Waals surface area contributed by atoms with Crippen molar-refractivity contribution in [2.24, 2.45) is 17.8 Å². The zero-order valence-corrected chi connectivity index (χ0v) is 21.9. The monoisotopic (exact) mass is 524 g/mol. The third-order valence-electron chi connectivity index (χ3n) is 6.21. The summed E-state index contributed by atoms with van der Waals surface area (Å²) in [6.07, 6.45) is 5.76. The molecule has 198 valence electrons. The summed E-state index contributed by atoms with van der Waals surface area (Å²) in [5.41, 5.74) is -0.703. The second-order valence-corrected chi connectivity index (χ2v) is 10.7. The number of carbonyl (C=O) groups excluding carboxylic acids is 2. The Labute approximate surface area is 214 Å². The van der Waals surface area contributed by atoms with Crippen LogP contribution in [0.4, 0.5) is 14.9 Å². The molecule has 2 saturated carbocycles. The quantitative estimate of drug-likeness (QED) is 0.261. The van der Waals surface area contributed by atoms with Crippen LogP contribution in [0, 0.1) is 34.5 Å². The molecule has 2 unspecified atom stereocenters. The van der Waals surface area contributed by atoms with Gasteiger partial charge in [-0.25, -0.2) is 4.79 Å². The Bertz CT molecular complexity index is 1050. The number of amides is 2. The van der Waals surface area contributed by atoms with Gasteiger partial charge in [0.2, 0.25) is 11.8 Å². The maximum absolute atomic E-state index is 14.8. The van der Waals surface area contributed by atoms with Crippen molar-refractivity contribution in [2.45, 2.75) is 71.1 Å². The summed E-state index contributed by atoms with van der Waals surface area (Å²) in [6.45, 7) is 6.84. The van der Waals surface area contributed by atoms with Crippen LogP contribution in [-0.4, -0.2) is 51.6 Å². The van der Waals surface area contributed by atoms with Crippen molar-refractivity contribution in [3.63, 3.8) is 0 Å². The molecule has 36 heavy (non-hydrogen) atoms. The molecule has 0 saturated heterocycles. The number of allylic oxidation sites excluding steroid dienone is 1. The number of halogens is 2. The number of hydrogen-bond acceptors (Lipinski definition) is 7. The van der Waals surface area contributed by atoms with Gasteiger partial charge in [0.1, 0.15) is 22.5 Å². The van der Waals surface area contributed by atoms with E-state index in [2.05, 4.69) is 15.7 Å². The van der Waals surface area contributed by atoms with Crippen LogP contribution in [0.15, 0.2) is 17.8 Å². The predicted molar refractivity (Wildman–Crippen MR) is 134 cm³/mol. The molecule has 2 fully saturated rings. The number of carbonyl (C=O) groups is 2. The first-order valence-corrected chi connectivity index (χ1v) is 12.3. The van der Waals surface area contributed by atoms with Crippen molar-refractivity contribution in [3.05, 3.63) is 23.8 Å². The molecule has 2 aliphatic rings. The van der Waals surface area contributed by atoms with E-state index in [0.717, 1.165) is 25.7 Å². The second kappa shape index (κ2) is 11.0. The number of hydrogen-bond donors (Lipinski definition) is 4. The van der Waals surface area contributed by atoms with Crippen LogP contribution in [-0.2, 0) is 14.3 Å². The van der Waals surface area contributed by atoms with Crippen molar-refractivity contribution in [1.82, 2.24) is 15.1 Å². The number of rotatable bonds is 10. The minimum absolute atomic E-state index is 0.0546. The Hall–Kier alpha value is -2.95. The number of alkyl carbamates (subject to hydrolysis) is 1. The number of aromatic nitrogens is 2. The van der Waals surface area contributed by atoms with E-state index in [0.29, 0.717) is 11.8 Å². The zero-order valence-electron chi connectivity index (χ0n) is 21.2. The summed E-state index contributed by atoms with van der Waals surface area (Å²) >= 11 is 5.67. The number of ether oxygens (including phenoxy) is 2. The van der Waals surface area contributed by atoms with E-state index in [1.165, 1.54) is 24.1 Å². The predicted octanol–water partition coefficient (Wildman–Crippen LogP) is 4.62. The molecule has 0 spiro atoms. The van der Waals surface area contributed by atoms with Crippen LogP contribution < -0.4 is 10.6 Å². The van der Waals surface area contributed by atoms with Crippen molar-refractivity contribution in [2.75, 3.05) is 12.4 Å². The molecule has 2 aliphatic carbocycles. The maximum atomic E-state index is 14.8. The lowest BCUT2D eigenvalue weighted by molar-refractivity contribution is -0.120. The van der Waals surface area contributed by atoms with Gasteiger partial charge >= 0.3 is 6.09 Å².